The van der Waals surface area contributed by atoms with Gasteiger partial charge in [0.1, 0.15) is 5.82 Å². The maximum atomic E-state index is 10.3. The number of pyridine rings is 1. The number of aliphatic hydroxyl groups is 1. The number of hydrogen-bond acceptors (Lipinski definition) is 6. The van der Waals surface area contributed by atoms with E-state index in [9.17, 15) is 10.1 Å². The first kappa shape index (κ1) is 19.2. The lowest BCUT2D eigenvalue weighted by atomic mass is 9.77. The minimum Gasteiger partial charge on any atom is -0.423 e. The summed E-state index contributed by atoms with van der Waals surface area (Å²) in [6.45, 7) is 14.1. The Hall–Kier alpha value is -1.15. The molecule has 0 aliphatic carbocycles. The normalized spacial score (nSPS) is 17.2. The van der Waals surface area contributed by atoms with Crippen LogP contribution in [0.15, 0.2) is 18.3 Å². The van der Waals surface area contributed by atoms with Gasteiger partial charge in [-0.3, -0.25) is 0 Å². The van der Waals surface area contributed by atoms with Crippen LogP contribution in [-0.2, 0) is 4.65 Å². The zero-order valence-electron chi connectivity index (χ0n) is 15.5. The highest BCUT2D eigenvalue weighted by Gasteiger charge is 2.39. The molecule has 2 heterocycles. The van der Waals surface area contributed by atoms with Gasteiger partial charge >= 0.3 is 7.12 Å². The van der Waals surface area contributed by atoms with Gasteiger partial charge in [0.2, 0.25) is 0 Å². The van der Waals surface area contributed by atoms with Crippen molar-refractivity contribution in [1.29, 1.82) is 0 Å². The van der Waals surface area contributed by atoms with E-state index in [4.69, 9.17) is 4.65 Å². The Labute approximate surface area is 145 Å². The zero-order valence-corrected chi connectivity index (χ0v) is 15.5. The molecule has 134 valence electrons. The lowest BCUT2D eigenvalue weighted by Gasteiger charge is -2.38. The van der Waals surface area contributed by atoms with E-state index in [0.29, 0.717) is 5.46 Å². The highest BCUT2D eigenvalue weighted by atomic mass is 16.5. The van der Waals surface area contributed by atoms with Crippen molar-refractivity contribution in [2.45, 2.75) is 45.8 Å². The van der Waals surface area contributed by atoms with Crippen LogP contribution < -0.4 is 10.4 Å². The standard InChI is InChI=1S/C17H30BN3O3/c1-6-20-9-11-21(12-10-20)15-8-7-14(13-19-15)18(23)24-17(4,5)16(2,3)22/h7-8,13,22-23H,6,9-12H2,1-5H3. The van der Waals surface area contributed by atoms with Gasteiger partial charge in [-0.2, -0.15) is 0 Å². The van der Waals surface area contributed by atoms with Gasteiger partial charge in [0.25, 0.3) is 0 Å². The average molecular weight is 335 g/mol. The summed E-state index contributed by atoms with van der Waals surface area (Å²) >= 11 is 0. The largest absolute Gasteiger partial charge is 0.493 e. The topological polar surface area (TPSA) is 69.1 Å². The monoisotopic (exact) mass is 335 g/mol. The Bertz CT molecular complexity index is 523. The van der Waals surface area contributed by atoms with Crippen LogP contribution in [0.5, 0.6) is 0 Å². The third-order valence-corrected chi connectivity index (χ3v) is 5.08. The van der Waals surface area contributed by atoms with Crippen LogP contribution in [-0.4, -0.2) is 71.1 Å². The predicted molar refractivity (Wildman–Crippen MR) is 97.6 cm³/mol. The molecule has 6 nitrogen and oxygen atoms in total. The average Bonchev–Trinajstić information content (AvgIpc) is 2.53. The number of nitrogens with zero attached hydrogens (tertiary/aromatic N) is 3. The predicted octanol–water partition coefficient (Wildman–Crippen LogP) is 0.477. The first-order valence-electron chi connectivity index (χ1n) is 8.65. The molecule has 1 aromatic rings. The lowest BCUT2D eigenvalue weighted by Crippen LogP contribution is -2.53. The molecule has 24 heavy (non-hydrogen) atoms. The fourth-order valence-corrected chi connectivity index (χ4v) is 2.52. The quantitative estimate of drug-likeness (QED) is 0.737. The maximum absolute atomic E-state index is 10.3. The number of aromatic nitrogens is 1. The molecule has 1 aromatic heterocycles. The van der Waals surface area contributed by atoms with Crippen LogP contribution >= 0.6 is 0 Å². The van der Waals surface area contributed by atoms with Gasteiger partial charge in [0.05, 0.1) is 11.2 Å². The Kier molecular flexibility index (Phi) is 5.91. The third-order valence-electron chi connectivity index (χ3n) is 5.08. The van der Waals surface area contributed by atoms with Crippen molar-refractivity contribution in [3.63, 3.8) is 0 Å². The van der Waals surface area contributed by atoms with E-state index in [1.54, 1.807) is 33.9 Å². The molecule has 1 fully saturated rings. The van der Waals surface area contributed by atoms with Gasteiger partial charge in [-0.25, -0.2) is 4.98 Å². The zero-order chi connectivity index (χ0) is 18.0. The van der Waals surface area contributed by atoms with Crippen molar-refractivity contribution in [3.05, 3.63) is 18.3 Å². The Balaban J connectivity index is 1.99. The fraction of sp³-hybridized carbons (Fsp3) is 0.706. The number of likely N-dealkylation sites (N-methyl/N-ethyl adjacent to an activating group) is 1. The molecule has 0 unspecified atom stereocenters. The summed E-state index contributed by atoms with van der Waals surface area (Å²) in [5, 5.41) is 20.4. The Morgan fingerprint density at radius 2 is 1.79 bits per heavy atom. The van der Waals surface area contributed by atoms with Gasteiger partial charge in [0.15, 0.2) is 0 Å². The summed E-state index contributed by atoms with van der Waals surface area (Å²) in [5.41, 5.74) is -1.37. The molecule has 7 heteroatoms. The molecule has 0 radical (unpaired) electrons. The maximum Gasteiger partial charge on any atom is 0.493 e. The second-order valence-corrected chi connectivity index (χ2v) is 7.41. The van der Waals surface area contributed by atoms with Crippen molar-refractivity contribution in [2.75, 3.05) is 37.6 Å². The van der Waals surface area contributed by atoms with Gasteiger partial charge in [-0.1, -0.05) is 13.0 Å². The van der Waals surface area contributed by atoms with Crippen LogP contribution in [0.25, 0.3) is 0 Å². The van der Waals surface area contributed by atoms with Crippen LogP contribution in [0.4, 0.5) is 5.82 Å². The second kappa shape index (κ2) is 7.39. The van der Waals surface area contributed by atoms with Crippen molar-refractivity contribution < 1.29 is 14.8 Å². The molecule has 0 bridgehead atoms. The number of rotatable bonds is 6. The molecule has 2 N–H and O–H groups in total. The Morgan fingerprint density at radius 3 is 2.25 bits per heavy atom. The van der Waals surface area contributed by atoms with Crippen LogP contribution in [0.3, 0.4) is 0 Å². The van der Waals surface area contributed by atoms with E-state index in [1.165, 1.54) is 0 Å². The van der Waals surface area contributed by atoms with Crippen LogP contribution in [0.2, 0.25) is 0 Å². The molecule has 0 spiro atoms. The minimum absolute atomic E-state index is 0.586. The van der Waals surface area contributed by atoms with E-state index in [1.807, 2.05) is 12.1 Å². The molecular formula is C17H30BN3O3. The van der Waals surface area contributed by atoms with Crippen molar-refractivity contribution in [2.24, 2.45) is 0 Å². The molecule has 0 saturated carbocycles. The molecule has 1 saturated heterocycles. The molecule has 1 aliphatic rings. The number of hydrogen-bond donors (Lipinski definition) is 2. The summed E-state index contributed by atoms with van der Waals surface area (Å²) in [4.78, 5) is 9.14. The summed E-state index contributed by atoms with van der Waals surface area (Å²) < 4.78 is 5.65. The smallest absolute Gasteiger partial charge is 0.423 e. The molecule has 0 amide bonds. The highest BCUT2D eigenvalue weighted by Crippen LogP contribution is 2.25. The summed E-state index contributed by atoms with van der Waals surface area (Å²) in [7, 11) is -1.12. The van der Waals surface area contributed by atoms with E-state index in [-0.39, 0.29) is 0 Å². The Morgan fingerprint density at radius 1 is 1.17 bits per heavy atom. The molecule has 1 aliphatic heterocycles. The summed E-state index contributed by atoms with van der Waals surface area (Å²) in [5.74, 6) is 0.920. The number of anilines is 1. The van der Waals surface area contributed by atoms with E-state index in [2.05, 4.69) is 21.7 Å². The summed E-state index contributed by atoms with van der Waals surface area (Å²) in [6, 6.07) is 3.75. The van der Waals surface area contributed by atoms with Gasteiger partial charge in [-0.05, 0) is 40.3 Å². The first-order chi connectivity index (χ1) is 11.1. The summed E-state index contributed by atoms with van der Waals surface area (Å²) in [6.07, 6.45) is 1.65. The first-order valence-corrected chi connectivity index (χ1v) is 8.65. The van der Waals surface area contributed by atoms with Crippen molar-refractivity contribution in [1.82, 2.24) is 9.88 Å². The van der Waals surface area contributed by atoms with Gasteiger partial charge in [0, 0.05) is 37.8 Å². The van der Waals surface area contributed by atoms with Crippen LogP contribution in [0, 0.1) is 0 Å². The van der Waals surface area contributed by atoms with E-state index in [0.717, 1.165) is 38.5 Å². The fourth-order valence-electron chi connectivity index (χ4n) is 2.52. The SMILES string of the molecule is CCN1CCN(c2ccc(B(O)OC(C)(C)C(C)(C)O)cn2)CC1. The number of piperazine rings is 1. The van der Waals surface area contributed by atoms with E-state index < -0.39 is 18.3 Å². The van der Waals surface area contributed by atoms with Gasteiger partial charge in [-0.15, -0.1) is 0 Å². The lowest BCUT2D eigenvalue weighted by molar-refractivity contribution is -0.0982. The highest BCUT2D eigenvalue weighted by molar-refractivity contribution is 6.60. The van der Waals surface area contributed by atoms with Crippen molar-refractivity contribution in [3.8, 4) is 0 Å². The van der Waals surface area contributed by atoms with Crippen molar-refractivity contribution >= 4 is 18.4 Å². The van der Waals surface area contributed by atoms with E-state index >= 15 is 0 Å². The van der Waals surface area contributed by atoms with Crippen LogP contribution in [0.1, 0.15) is 34.6 Å². The molecule has 2 rings (SSSR count). The third kappa shape index (κ3) is 4.48. The second-order valence-electron chi connectivity index (χ2n) is 7.41. The minimum atomic E-state index is -1.12. The van der Waals surface area contributed by atoms with Gasteiger partial charge < -0.3 is 24.6 Å². The molecule has 0 atom stereocenters. The molecule has 0 aromatic carbocycles. The molecular weight excluding hydrogens is 305 g/mol.